The molecule has 0 aliphatic heterocycles. The zero-order valence-electron chi connectivity index (χ0n) is 11.3. The number of nitrogens with one attached hydrogen (secondary N) is 1. The van der Waals surface area contributed by atoms with Gasteiger partial charge in [-0.15, -0.1) is 0 Å². The van der Waals surface area contributed by atoms with Crippen molar-refractivity contribution < 1.29 is 9.90 Å². The van der Waals surface area contributed by atoms with E-state index >= 15 is 0 Å². The standard InChI is InChI=1S/C15H21NO2S/c1-19-10-12-3-2-4-13(9-12)14(18)16-11-15(5-6-15)7-8-17/h2-4,9,17H,5-8,10-11H2,1H3,(H,16,18). The fraction of sp³-hybridized carbons (Fsp3) is 0.533. The molecule has 1 aromatic carbocycles. The van der Waals surface area contributed by atoms with Gasteiger partial charge in [-0.1, -0.05) is 12.1 Å². The lowest BCUT2D eigenvalue weighted by molar-refractivity contribution is 0.0940. The number of benzene rings is 1. The summed E-state index contributed by atoms with van der Waals surface area (Å²) in [5, 5.41) is 12.0. The van der Waals surface area contributed by atoms with Crippen LogP contribution in [0.3, 0.4) is 0 Å². The van der Waals surface area contributed by atoms with Gasteiger partial charge in [-0.05, 0) is 48.6 Å². The van der Waals surface area contributed by atoms with Crippen LogP contribution in [0.2, 0.25) is 0 Å². The number of hydrogen-bond donors (Lipinski definition) is 2. The Kier molecular flexibility index (Phi) is 4.88. The third-order valence-corrected chi connectivity index (χ3v) is 4.35. The molecule has 1 fully saturated rings. The van der Waals surface area contributed by atoms with Crippen molar-refractivity contribution in [3.8, 4) is 0 Å². The van der Waals surface area contributed by atoms with Crippen LogP contribution in [0.15, 0.2) is 24.3 Å². The fourth-order valence-electron chi connectivity index (χ4n) is 2.27. The van der Waals surface area contributed by atoms with Crippen molar-refractivity contribution >= 4 is 17.7 Å². The predicted molar refractivity (Wildman–Crippen MR) is 79.4 cm³/mol. The lowest BCUT2D eigenvalue weighted by atomic mass is 10.0. The van der Waals surface area contributed by atoms with E-state index in [0.29, 0.717) is 6.54 Å². The molecule has 1 aliphatic rings. The number of thioether (sulfide) groups is 1. The molecule has 0 unspecified atom stereocenters. The zero-order chi connectivity index (χ0) is 13.7. The molecule has 104 valence electrons. The fourth-order valence-corrected chi connectivity index (χ4v) is 2.78. The molecule has 19 heavy (non-hydrogen) atoms. The Hall–Kier alpha value is -1.00. The zero-order valence-corrected chi connectivity index (χ0v) is 12.1. The smallest absolute Gasteiger partial charge is 0.251 e. The highest BCUT2D eigenvalue weighted by Gasteiger charge is 2.41. The van der Waals surface area contributed by atoms with E-state index in [1.54, 1.807) is 11.8 Å². The second kappa shape index (κ2) is 6.44. The molecule has 0 atom stereocenters. The van der Waals surface area contributed by atoms with Crippen LogP contribution in [0.25, 0.3) is 0 Å². The Bertz CT molecular complexity index is 444. The molecule has 0 radical (unpaired) electrons. The van der Waals surface area contributed by atoms with E-state index in [4.69, 9.17) is 5.11 Å². The second-order valence-electron chi connectivity index (χ2n) is 5.29. The van der Waals surface area contributed by atoms with Gasteiger partial charge < -0.3 is 10.4 Å². The van der Waals surface area contributed by atoms with Gasteiger partial charge in [0.1, 0.15) is 0 Å². The summed E-state index contributed by atoms with van der Waals surface area (Å²) in [4.78, 5) is 12.1. The van der Waals surface area contributed by atoms with Gasteiger partial charge in [0, 0.05) is 24.5 Å². The quantitative estimate of drug-likeness (QED) is 0.806. The number of carbonyl (C=O) groups is 1. The van der Waals surface area contributed by atoms with Crippen LogP contribution in [0.4, 0.5) is 0 Å². The maximum atomic E-state index is 12.1. The number of amides is 1. The molecule has 1 aromatic rings. The summed E-state index contributed by atoms with van der Waals surface area (Å²) >= 11 is 1.75. The maximum absolute atomic E-state index is 12.1. The maximum Gasteiger partial charge on any atom is 0.251 e. The van der Waals surface area contributed by atoms with Crippen molar-refractivity contribution in [2.24, 2.45) is 5.41 Å². The van der Waals surface area contributed by atoms with E-state index < -0.39 is 0 Å². The summed E-state index contributed by atoms with van der Waals surface area (Å²) in [7, 11) is 0. The summed E-state index contributed by atoms with van der Waals surface area (Å²) < 4.78 is 0. The van der Waals surface area contributed by atoms with Crippen molar-refractivity contribution in [3.05, 3.63) is 35.4 Å². The van der Waals surface area contributed by atoms with Crippen LogP contribution in [-0.4, -0.2) is 30.4 Å². The Labute approximate surface area is 118 Å². The third kappa shape index (κ3) is 3.98. The first-order chi connectivity index (χ1) is 9.19. The summed E-state index contributed by atoms with van der Waals surface area (Å²) in [5.41, 5.74) is 2.07. The minimum atomic E-state index is -0.00725. The Balaban J connectivity index is 1.91. The van der Waals surface area contributed by atoms with E-state index in [-0.39, 0.29) is 17.9 Å². The number of hydrogen-bond acceptors (Lipinski definition) is 3. The topological polar surface area (TPSA) is 49.3 Å². The third-order valence-electron chi connectivity index (χ3n) is 3.72. The van der Waals surface area contributed by atoms with E-state index in [9.17, 15) is 4.79 Å². The van der Waals surface area contributed by atoms with Gasteiger partial charge in [0.05, 0.1) is 0 Å². The van der Waals surface area contributed by atoms with Crippen LogP contribution in [0.5, 0.6) is 0 Å². The minimum Gasteiger partial charge on any atom is -0.396 e. The molecule has 4 heteroatoms. The average molecular weight is 279 g/mol. The van der Waals surface area contributed by atoms with Crippen LogP contribution in [0, 0.1) is 5.41 Å². The van der Waals surface area contributed by atoms with Crippen LogP contribution >= 0.6 is 11.8 Å². The number of rotatable bonds is 7. The molecule has 1 saturated carbocycles. The van der Waals surface area contributed by atoms with Gasteiger partial charge >= 0.3 is 0 Å². The van der Waals surface area contributed by atoms with Gasteiger partial charge in [0.15, 0.2) is 0 Å². The Morgan fingerprint density at radius 1 is 1.47 bits per heavy atom. The molecular weight excluding hydrogens is 258 g/mol. The summed E-state index contributed by atoms with van der Waals surface area (Å²) in [6.45, 7) is 0.887. The van der Waals surface area contributed by atoms with Crippen LogP contribution < -0.4 is 5.32 Å². The Morgan fingerprint density at radius 2 is 2.26 bits per heavy atom. The molecule has 0 saturated heterocycles. The van der Waals surface area contributed by atoms with Gasteiger partial charge in [0.25, 0.3) is 5.91 Å². The molecule has 1 amide bonds. The first-order valence-electron chi connectivity index (χ1n) is 6.66. The lowest BCUT2D eigenvalue weighted by Crippen LogP contribution is -2.30. The summed E-state index contributed by atoms with van der Waals surface area (Å²) in [5.74, 6) is 0.919. The number of aliphatic hydroxyl groups excluding tert-OH is 1. The van der Waals surface area contributed by atoms with Gasteiger partial charge in [-0.2, -0.15) is 11.8 Å². The highest BCUT2D eigenvalue weighted by molar-refractivity contribution is 7.97. The molecule has 0 aromatic heterocycles. The molecule has 3 nitrogen and oxygen atoms in total. The normalized spacial score (nSPS) is 16.1. The van der Waals surface area contributed by atoms with Crippen molar-refractivity contribution in [2.45, 2.75) is 25.0 Å². The van der Waals surface area contributed by atoms with Gasteiger partial charge in [0.2, 0.25) is 0 Å². The molecular formula is C15H21NO2S. The van der Waals surface area contributed by atoms with E-state index in [1.807, 2.05) is 24.3 Å². The van der Waals surface area contributed by atoms with Crippen molar-refractivity contribution in [3.63, 3.8) is 0 Å². The van der Waals surface area contributed by atoms with E-state index in [1.165, 1.54) is 5.56 Å². The van der Waals surface area contributed by atoms with Crippen LogP contribution in [-0.2, 0) is 5.75 Å². The minimum absolute atomic E-state index is 0.00725. The Morgan fingerprint density at radius 3 is 2.89 bits per heavy atom. The van der Waals surface area contributed by atoms with Crippen LogP contribution in [0.1, 0.15) is 35.2 Å². The largest absolute Gasteiger partial charge is 0.396 e. The van der Waals surface area contributed by atoms with E-state index in [2.05, 4.69) is 11.6 Å². The van der Waals surface area contributed by atoms with Gasteiger partial charge in [-0.25, -0.2) is 0 Å². The molecule has 2 rings (SSSR count). The van der Waals surface area contributed by atoms with Crippen molar-refractivity contribution in [1.82, 2.24) is 5.32 Å². The van der Waals surface area contributed by atoms with Crippen molar-refractivity contribution in [2.75, 3.05) is 19.4 Å². The molecule has 1 aliphatic carbocycles. The summed E-state index contributed by atoms with van der Waals surface area (Å²) in [6, 6.07) is 7.78. The molecule has 0 bridgehead atoms. The number of carbonyl (C=O) groups excluding carboxylic acids is 1. The highest BCUT2D eigenvalue weighted by Crippen LogP contribution is 2.47. The first kappa shape index (κ1) is 14.4. The second-order valence-corrected chi connectivity index (χ2v) is 6.16. The lowest BCUT2D eigenvalue weighted by Gasteiger charge is -2.14. The molecule has 0 heterocycles. The highest BCUT2D eigenvalue weighted by atomic mass is 32.2. The SMILES string of the molecule is CSCc1cccc(C(=O)NCC2(CCO)CC2)c1. The molecule has 2 N–H and O–H groups in total. The predicted octanol–water partition coefficient (Wildman–Crippen LogP) is 2.44. The van der Waals surface area contributed by atoms with Gasteiger partial charge in [-0.3, -0.25) is 4.79 Å². The average Bonchev–Trinajstić information content (AvgIpc) is 3.17. The molecule has 0 spiro atoms. The summed E-state index contributed by atoms with van der Waals surface area (Å²) in [6.07, 6.45) is 5.07. The van der Waals surface area contributed by atoms with Crippen molar-refractivity contribution in [1.29, 1.82) is 0 Å². The monoisotopic (exact) mass is 279 g/mol. The first-order valence-corrected chi connectivity index (χ1v) is 8.05. The van der Waals surface area contributed by atoms with E-state index in [0.717, 1.165) is 30.6 Å². The number of aliphatic hydroxyl groups is 1.